The number of benzene rings is 2. The summed E-state index contributed by atoms with van der Waals surface area (Å²) in [5.41, 5.74) is 5.68. The summed E-state index contributed by atoms with van der Waals surface area (Å²) in [6, 6.07) is 7.06. The van der Waals surface area contributed by atoms with Gasteiger partial charge in [0.15, 0.2) is 0 Å². The average molecular weight is 267 g/mol. The molecule has 5 heteroatoms. The minimum absolute atomic E-state index is 0.0265. The highest BCUT2D eigenvalue weighted by Crippen LogP contribution is 2.28. The van der Waals surface area contributed by atoms with E-state index in [1.807, 2.05) is 0 Å². The van der Waals surface area contributed by atoms with Crippen molar-refractivity contribution in [3.05, 3.63) is 59.4 Å². The summed E-state index contributed by atoms with van der Waals surface area (Å²) in [6.45, 7) is 0.245. The van der Waals surface area contributed by atoms with Crippen LogP contribution in [-0.4, -0.2) is 6.54 Å². The van der Waals surface area contributed by atoms with Gasteiger partial charge < -0.3 is 10.5 Å². The molecule has 0 aliphatic rings. The van der Waals surface area contributed by atoms with Crippen molar-refractivity contribution in [2.24, 2.45) is 5.73 Å². The van der Waals surface area contributed by atoms with Gasteiger partial charge in [0.1, 0.15) is 29.0 Å². The zero-order valence-electron chi connectivity index (χ0n) is 10.00. The zero-order chi connectivity index (χ0) is 13.8. The molecule has 0 amide bonds. The van der Waals surface area contributed by atoms with Crippen LogP contribution in [0.1, 0.15) is 5.56 Å². The molecular formula is C14H12F3NO. The maximum Gasteiger partial charge on any atom is 0.133 e. The quantitative estimate of drug-likeness (QED) is 0.921. The van der Waals surface area contributed by atoms with Crippen LogP contribution in [0.2, 0.25) is 0 Å². The molecule has 2 aromatic rings. The molecule has 0 saturated heterocycles. The molecule has 0 saturated carbocycles. The Bertz CT molecular complexity index is 567. The highest BCUT2D eigenvalue weighted by Gasteiger charge is 2.11. The lowest BCUT2D eigenvalue weighted by molar-refractivity contribution is 0.456. The Morgan fingerprint density at radius 1 is 1.00 bits per heavy atom. The van der Waals surface area contributed by atoms with Gasteiger partial charge in [-0.2, -0.15) is 0 Å². The van der Waals surface area contributed by atoms with Crippen LogP contribution in [0.25, 0.3) is 0 Å². The molecule has 2 N–H and O–H groups in total. The van der Waals surface area contributed by atoms with E-state index in [9.17, 15) is 13.2 Å². The van der Waals surface area contributed by atoms with Gasteiger partial charge in [0, 0.05) is 23.8 Å². The van der Waals surface area contributed by atoms with Gasteiger partial charge in [-0.15, -0.1) is 0 Å². The van der Waals surface area contributed by atoms with Crippen molar-refractivity contribution in [2.75, 3.05) is 6.54 Å². The normalized spacial score (nSPS) is 10.5. The van der Waals surface area contributed by atoms with Crippen molar-refractivity contribution in [1.29, 1.82) is 0 Å². The molecule has 19 heavy (non-hydrogen) atoms. The predicted octanol–water partition coefficient (Wildman–Crippen LogP) is 3.40. The van der Waals surface area contributed by atoms with Crippen LogP contribution in [0.5, 0.6) is 11.5 Å². The van der Waals surface area contributed by atoms with Crippen LogP contribution >= 0.6 is 0 Å². The van der Waals surface area contributed by atoms with Crippen LogP contribution in [0.3, 0.4) is 0 Å². The number of hydrogen-bond acceptors (Lipinski definition) is 2. The molecule has 0 spiro atoms. The molecule has 0 atom stereocenters. The molecule has 0 radical (unpaired) electrons. The van der Waals surface area contributed by atoms with Crippen molar-refractivity contribution in [1.82, 2.24) is 0 Å². The summed E-state index contributed by atoms with van der Waals surface area (Å²) in [5, 5.41) is 0. The lowest BCUT2D eigenvalue weighted by Crippen LogP contribution is -2.06. The first-order valence-corrected chi connectivity index (χ1v) is 5.71. The van der Waals surface area contributed by atoms with Gasteiger partial charge in [0.2, 0.25) is 0 Å². The third kappa shape index (κ3) is 3.26. The number of ether oxygens (including phenoxy) is 1. The van der Waals surface area contributed by atoms with E-state index in [1.165, 1.54) is 18.2 Å². The van der Waals surface area contributed by atoms with Crippen molar-refractivity contribution in [3.63, 3.8) is 0 Å². The number of hydrogen-bond donors (Lipinski definition) is 1. The Balaban J connectivity index is 2.34. The standard InChI is InChI=1S/C14H12F3NO/c15-9-6-10(16)8-11(7-9)19-14-3-1-2-13(17)12(14)4-5-18/h1-3,6-8H,4-5,18H2. The number of nitrogens with two attached hydrogens (primary N) is 1. The first-order valence-electron chi connectivity index (χ1n) is 5.71. The van der Waals surface area contributed by atoms with E-state index in [1.54, 1.807) is 0 Å². The number of rotatable bonds is 4. The molecule has 0 aliphatic heterocycles. The molecule has 0 unspecified atom stereocenters. The minimum Gasteiger partial charge on any atom is -0.457 e. The first kappa shape index (κ1) is 13.4. The summed E-state index contributed by atoms with van der Waals surface area (Å²) in [5.74, 6) is -1.80. The Morgan fingerprint density at radius 3 is 2.32 bits per heavy atom. The topological polar surface area (TPSA) is 35.2 Å². The monoisotopic (exact) mass is 267 g/mol. The van der Waals surface area contributed by atoms with E-state index >= 15 is 0 Å². The van der Waals surface area contributed by atoms with Crippen molar-refractivity contribution < 1.29 is 17.9 Å². The second kappa shape index (κ2) is 5.75. The summed E-state index contributed by atoms with van der Waals surface area (Å²) < 4.78 is 45.0. The largest absolute Gasteiger partial charge is 0.457 e. The molecule has 2 aromatic carbocycles. The smallest absolute Gasteiger partial charge is 0.133 e. The van der Waals surface area contributed by atoms with Gasteiger partial charge in [-0.25, -0.2) is 13.2 Å². The van der Waals surface area contributed by atoms with E-state index in [4.69, 9.17) is 10.5 Å². The highest BCUT2D eigenvalue weighted by molar-refractivity contribution is 5.39. The van der Waals surface area contributed by atoms with Crippen LogP contribution in [-0.2, 0) is 6.42 Å². The van der Waals surface area contributed by atoms with Crippen molar-refractivity contribution >= 4 is 0 Å². The summed E-state index contributed by atoms with van der Waals surface area (Å²) in [7, 11) is 0. The maximum absolute atomic E-state index is 13.6. The Labute approximate surface area is 108 Å². The lowest BCUT2D eigenvalue weighted by Gasteiger charge is -2.11. The Morgan fingerprint density at radius 2 is 1.68 bits per heavy atom. The molecule has 100 valence electrons. The van der Waals surface area contributed by atoms with Gasteiger partial charge in [-0.05, 0) is 25.1 Å². The molecular weight excluding hydrogens is 255 g/mol. The predicted molar refractivity (Wildman–Crippen MR) is 65.6 cm³/mol. The second-order valence-corrected chi connectivity index (χ2v) is 3.96. The van der Waals surface area contributed by atoms with Gasteiger partial charge >= 0.3 is 0 Å². The summed E-state index contributed by atoms with van der Waals surface area (Å²) >= 11 is 0. The molecule has 2 nitrogen and oxygen atoms in total. The third-order valence-corrected chi connectivity index (χ3v) is 2.53. The molecule has 0 fully saturated rings. The Hall–Kier alpha value is -2.01. The van der Waals surface area contributed by atoms with E-state index in [0.717, 1.165) is 18.2 Å². The molecule has 0 bridgehead atoms. The SMILES string of the molecule is NCCc1c(F)cccc1Oc1cc(F)cc(F)c1. The van der Waals surface area contributed by atoms with E-state index in [-0.39, 0.29) is 30.0 Å². The minimum atomic E-state index is -0.758. The first-order chi connectivity index (χ1) is 9.10. The highest BCUT2D eigenvalue weighted by atomic mass is 19.1. The average Bonchev–Trinajstić information content (AvgIpc) is 2.32. The molecule has 0 aromatic heterocycles. The third-order valence-electron chi connectivity index (χ3n) is 2.53. The van der Waals surface area contributed by atoms with Crippen molar-refractivity contribution in [2.45, 2.75) is 6.42 Å². The fourth-order valence-electron chi connectivity index (χ4n) is 1.74. The van der Waals surface area contributed by atoms with E-state index in [2.05, 4.69) is 0 Å². The fourth-order valence-corrected chi connectivity index (χ4v) is 1.74. The second-order valence-electron chi connectivity index (χ2n) is 3.96. The van der Waals surface area contributed by atoms with Crippen LogP contribution in [0.15, 0.2) is 36.4 Å². The van der Waals surface area contributed by atoms with E-state index in [0.29, 0.717) is 0 Å². The molecule has 0 aliphatic carbocycles. The van der Waals surface area contributed by atoms with Gasteiger partial charge in [0.05, 0.1) is 0 Å². The molecule has 2 rings (SSSR count). The van der Waals surface area contributed by atoms with Crippen LogP contribution in [0.4, 0.5) is 13.2 Å². The van der Waals surface area contributed by atoms with Crippen LogP contribution < -0.4 is 10.5 Å². The number of halogens is 3. The van der Waals surface area contributed by atoms with Gasteiger partial charge in [-0.3, -0.25) is 0 Å². The van der Waals surface area contributed by atoms with E-state index < -0.39 is 17.5 Å². The fraction of sp³-hybridized carbons (Fsp3) is 0.143. The summed E-state index contributed by atoms with van der Waals surface area (Å²) in [4.78, 5) is 0. The van der Waals surface area contributed by atoms with Gasteiger partial charge in [0.25, 0.3) is 0 Å². The Kier molecular flexibility index (Phi) is 4.06. The van der Waals surface area contributed by atoms with Crippen molar-refractivity contribution in [3.8, 4) is 11.5 Å². The maximum atomic E-state index is 13.6. The van der Waals surface area contributed by atoms with Gasteiger partial charge in [-0.1, -0.05) is 6.07 Å². The lowest BCUT2D eigenvalue weighted by atomic mass is 10.1. The zero-order valence-corrected chi connectivity index (χ0v) is 10.00. The molecule has 0 heterocycles. The van der Waals surface area contributed by atoms with Crippen LogP contribution in [0, 0.1) is 17.5 Å². The summed E-state index contributed by atoms with van der Waals surface area (Å²) in [6.07, 6.45) is 0.278.